The molecule has 0 aromatic heterocycles. The predicted molar refractivity (Wildman–Crippen MR) is 77.9 cm³/mol. The molecule has 0 aliphatic heterocycles. The first-order chi connectivity index (χ1) is 9.22. The third kappa shape index (κ3) is 4.46. The van der Waals surface area contributed by atoms with Gasteiger partial charge in [0.15, 0.2) is 0 Å². The van der Waals surface area contributed by atoms with Gasteiger partial charge in [0.1, 0.15) is 0 Å². The molecule has 1 amide bonds. The van der Waals surface area contributed by atoms with Crippen LogP contribution < -0.4 is 5.73 Å². The first-order valence-corrected chi connectivity index (χ1v) is 7.92. The fourth-order valence-electron chi connectivity index (χ4n) is 3.08. The van der Waals surface area contributed by atoms with Crippen molar-refractivity contribution in [3.63, 3.8) is 0 Å². The zero-order chi connectivity index (χ0) is 13.7. The highest BCUT2D eigenvalue weighted by atomic mass is 16.2. The van der Waals surface area contributed by atoms with Crippen molar-refractivity contribution in [2.75, 3.05) is 26.7 Å². The monoisotopic (exact) mass is 267 g/mol. The molecule has 0 heterocycles. The van der Waals surface area contributed by atoms with Crippen LogP contribution in [-0.2, 0) is 4.79 Å². The van der Waals surface area contributed by atoms with Crippen molar-refractivity contribution in [1.82, 2.24) is 9.80 Å². The normalized spacial score (nSPS) is 20.8. The summed E-state index contributed by atoms with van der Waals surface area (Å²) >= 11 is 0. The molecule has 0 saturated heterocycles. The van der Waals surface area contributed by atoms with Crippen molar-refractivity contribution < 1.29 is 4.79 Å². The van der Waals surface area contributed by atoms with E-state index in [1.54, 1.807) is 0 Å². The largest absolute Gasteiger partial charge is 0.342 e. The number of carbonyl (C=O) groups excluding carboxylic acids is 1. The highest BCUT2D eigenvalue weighted by Crippen LogP contribution is 2.26. The average Bonchev–Trinajstić information content (AvgIpc) is 3.28. The van der Waals surface area contributed by atoms with Crippen molar-refractivity contribution in [1.29, 1.82) is 0 Å². The number of hydrogen-bond donors (Lipinski definition) is 1. The summed E-state index contributed by atoms with van der Waals surface area (Å²) in [7, 11) is 1.96. The van der Waals surface area contributed by atoms with Crippen molar-refractivity contribution in [3.05, 3.63) is 0 Å². The molecule has 0 unspecified atom stereocenters. The van der Waals surface area contributed by atoms with Gasteiger partial charge in [0, 0.05) is 25.7 Å². The van der Waals surface area contributed by atoms with Crippen molar-refractivity contribution >= 4 is 5.91 Å². The average molecular weight is 267 g/mol. The van der Waals surface area contributed by atoms with Gasteiger partial charge in [-0.3, -0.25) is 9.69 Å². The highest BCUT2D eigenvalue weighted by Gasteiger charge is 2.31. The Labute approximate surface area is 117 Å². The molecule has 19 heavy (non-hydrogen) atoms. The molecule has 0 bridgehead atoms. The van der Waals surface area contributed by atoms with Gasteiger partial charge in [-0.2, -0.15) is 0 Å². The summed E-state index contributed by atoms with van der Waals surface area (Å²) < 4.78 is 0. The van der Waals surface area contributed by atoms with Gasteiger partial charge in [0.2, 0.25) is 5.91 Å². The molecule has 110 valence electrons. The lowest BCUT2D eigenvalue weighted by atomic mass is 9.94. The summed E-state index contributed by atoms with van der Waals surface area (Å²) in [4.78, 5) is 16.6. The summed E-state index contributed by atoms with van der Waals surface area (Å²) in [6.45, 7) is 2.29. The number of rotatable bonds is 7. The topological polar surface area (TPSA) is 49.6 Å². The Hall–Kier alpha value is -0.610. The van der Waals surface area contributed by atoms with Crippen molar-refractivity contribution in [2.24, 2.45) is 5.73 Å². The van der Waals surface area contributed by atoms with Crippen LogP contribution in [0.25, 0.3) is 0 Å². The summed E-state index contributed by atoms with van der Waals surface area (Å²) in [5.41, 5.74) is 5.63. The minimum atomic E-state index is 0.296. The van der Waals surface area contributed by atoms with Gasteiger partial charge in [-0.05, 0) is 38.6 Å². The number of carbonyl (C=O) groups is 1. The van der Waals surface area contributed by atoms with Gasteiger partial charge in [-0.25, -0.2) is 0 Å². The molecule has 2 fully saturated rings. The van der Waals surface area contributed by atoms with Gasteiger partial charge >= 0.3 is 0 Å². The minimum absolute atomic E-state index is 0.296. The maximum absolute atomic E-state index is 12.3. The molecule has 4 nitrogen and oxygen atoms in total. The summed E-state index contributed by atoms with van der Waals surface area (Å²) in [5.74, 6) is 0.296. The van der Waals surface area contributed by atoms with Crippen molar-refractivity contribution in [3.8, 4) is 0 Å². The SMILES string of the molecule is CN(C(=O)CN(CCCN)C1CCCCC1)C1CC1. The lowest BCUT2D eigenvalue weighted by molar-refractivity contribution is -0.132. The second-order valence-electron chi connectivity index (χ2n) is 6.14. The predicted octanol–water partition coefficient (Wildman–Crippen LogP) is 1.59. The van der Waals surface area contributed by atoms with Gasteiger partial charge in [0.25, 0.3) is 0 Å². The Kier molecular flexibility index (Phi) is 5.64. The molecule has 2 aliphatic carbocycles. The van der Waals surface area contributed by atoms with Crippen LogP contribution in [0.2, 0.25) is 0 Å². The third-order valence-electron chi connectivity index (χ3n) is 4.57. The van der Waals surface area contributed by atoms with E-state index in [0.29, 0.717) is 24.5 Å². The Bertz CT molecular complexity index is 285. The first kappa shape index (κ1) is 14.8. The number of hydrogen-bond acceptors (Lipinski definition) is 3. The molecule has 0 radical (unpaired) electrons. The molecule has 2 saturated carbocycles. The van der Waals surface area contributed by atoms with Crippen LogP contribution in [0.5, 0.6) is 0 Å². The summed E-state index contributed by atoms with van der Waals surface area (Å²) in [5, 5.41) is 0. The van der Waals surface area contributed by atoms with Crippen LogP contribution in [0.1, 0.15) is 51.4 Å². The second kappa shape index (κ2) is 7.25. The Morgan fingerprint density at radius 2 is 1.79 bits per heavy atom. The van der Waals surface area contributed by atoms with Gasteiger partial charge in [-0.15, -0.1) is 0 Å². The second-order valence-corrected chi connectivity index (χ2v) is 6.14. The van der Waals surface area contributed by atoms with E-state index in [1.165, 1.54) is 44.9 Å². The Morgan fingerprint density at radius 3 is 2.37 bits per heavy atom. The van der Waals surface area contributed by atoms with E-state index in [1.807, 2.05) is 11.9 Å². The van der Waals surface area contributed by atoms with Gasteiger partial charge in [-0.1, -0.05) is 19.3 Å². The number of nitrogens with zero attached hydrogens (tertiary/aromatic N) is 2. The van der Waals surface area contributed by atoms with E-state index in [0.717, 1.165) is 19.5 Å². The smallest absolute Gasteiger partial charge is 0.236 e. The van der Waals surface area contributed by atoms with E-state index >= 15 is 0 Å². The lowest BCUT2D eigenvalue weighted by Gasteiger charge is -2.34. The van der Waals surface area contributed by atoms with E-state index in [9.17, 15) is 4.79 Å². The van der Waals surface area contributed by atoms with E-state index in [-0.39, 0.29) is 0 Å². The van der Waals surface area contributed by atoms with Crippen LogP contribution in [0.3, 0.4) is 0 Å². The molecule has 0 atom stereocenters. The molecular formula is C15H29N3O. The van der Waals surface area contributed by atoms with Gasteiger partial charge < -0.3 is 10.6 Å². The zero-order valence-electron chi connectivity index (χ0n) is 12.3. The molecule has 0 aromatic carbocycles. The molecule has 0 spiro atoms. The number of nitrogens with two attached hydrogens (primary N) is 1. The fraction of sp³-hybridized carbons (Fsp3) is 0.933. The molecule has 4 heteroatoms. The van der Waals surface area contributed by atoms with Crippen LogP contribution in [0.15, 0.2) is 0 Å². The molecule has 2 rings (SSSR count). The van der Waals surface area contributed by atoms with Gasteiger partial charge in [0.05, 0.1) is 6.54 Å². The van der Waals surface area contributed by atoms with Crippen LogP contribution in [0.4, 0.5) is 0 Å². The van der Waals surface area contributed by atoms with E-state index in [4.69, 9.17) is 5.73 Å². The minimum Gasteiger partial charge on any atom is -0.342 e. The number of likely N-dealkylation sites (N-methyl/N-ethyl adjacent to an activating group) is 1. The van der Waals surface area contributed by atoms with E-state index < -0.39 is 0 Å². The summed E-state index contributed by atoms with van der Waals surface area (Å²) in [6, 6.07) is 1.13. The molecule has 2 N–H and O–H groups in total. The number of amides is 1. The standard InChI is InChI=1S/C15H29N3O/c1-17(13-8-9-13)15(19)12-18(11-5-10-16)14-6-3-2-4-7-14/h13-14H,2-12,16H2,1H3. The van der Waals surface area contributed by atoms with Crippen molar-refractivity contribution in [2.45, 2.75) is 63.5 Å². The maximum atomic E-state index is 12.3. The van der Waals surface area contributed by atoms with Crippen LogP contribution in [0, 0.1) is 0 Å². The Balaban J connectivity index is 1.86. The third-order valence-corrected chi connectivity index (χ3v) is 4.57. The van der Waals surface area contributed by atoms with Crippen LogP contribution >= 0.6 is 0 Å². The maximum Gasteiger partial charge on any atom is 0.236 e. The quantitative estimate of drug-likeness (QED) is 0.762. The zero-order valence-corrected chi connectivity index (χ0v) is 12.3. The summed E-state index contributed by atoms with van der Waals surface area (Å²) in [6.07, 6.45) is 9.87. The van der Waals surface area contributed by atoms with E-state index in [2.05, 4.69) is 4.90 Å². The fourth-order valence-corrected chi connectivity index (χ4v) is 3.08. The molecule has 2 aliphatic rings. The van der Waals surface area contributed by atoms with Crippen LogP contribution in [-0.4, -0.2) is 54.5 Å². The lowest BCUT2D eigenvalue weighted by Crippen LogP contribution is -2.45. The Morgan fingerprint density at radius 1 is 1.11 bits per heavy atom. The first-order valence-electron chi connectivity index (χ1n) is 7.92. The molecule has 0 aromatic rings. The molecular weight excluding hydrogens is 238 g/mol. The highest BCUT2D eigenvalue weighted by molar-refractivity contribution is 5.78.